The van der Waals surface area contributed by atoms with Crippen molar-refractivity contribution in [3.8, 4) is 0 Å². The molecule has 15 heavy (non-hydrogen) atoms. The van der Waals surface area contributed by atoms with Gasteiger partial charge in [-0.05, 0) is 55.5 Å². The molecule has 2 unspecified atom stereocenters. The van der Waals surface area contributed by atoms with E-state index in [2.05, 4.69) is 52.4 Å². The zero-order chi connectivity index (χ0) is 10.7. The summed E-state index contributed by atoms with van der Waals surface area (Å²) in [5.41, 5.74) is 1.50. The van der Waals surface area contributed by atoms with E-state index in [-0.39, 0.29) is 0 Å². The minimum Gasteiger partial charge on any atom is -0.316 e. The third-order valence-corrected chi connectivity index (χ3v) is 3.58. The number of nitrogens with one attached hydrogen (secondary N) is 1. The quantitative estimate of drug-likeness (QED) is 0.805. The van der Waals surface area contributed by atoms with Crippen molar-refractivity contribution in [1.29, 1.82) is 0 Å². The molecule has 0 heterocycles. The summed E-state index contributed by atoms with van der Waals surface area (Å²) in [5, 5.41) is 3.50. The van der Waals surface area contributed by atoms with Gasteiger partial charge in [0.25, 0.3) is 0 Å². The molecule has 1 N–H and O–H groups in total. The van der Waals surface area contributed by atoms with Crippen LogP contribution in [-0.4, -0.2) is 13.1 Å². The standard InChI is InChI=1S/C13H18BrN/c1-2-7-15-9-11-8-13(11)10-3-5-12(14)6-4-10/h3-6,11,13,15H,2,7-9H2,1H3. The van der Waals surface area contributed by atoms with Crippen molar-refractivity contribution in [2.24, 2.45) is 5.92 Å². The van der Waals surface area contributed by atoms with Gasteiger partial charge in [0.1, 0.15) is 0 Å². The van der Waals surface area contributed by atoms with Crippen molar-refractivity contribution >= 4 is 15.9 Å². The average molecular weight is 268 g/mol. The minimum atomic E-state index is 0.808. The first kappa shape index (κ1) is 11.2. The smallest absolute Gasteiger partial charge is 0.0175 e. The molecule has 1 fully saturated rings. The number of rotatable bonds is 5. The molecule has 0 aromatic heterocycles. The van der Waals surface area contributed by atoms with Crippen molar-refractivity contribution in [2.75, 3.05) is 13.1 Å². The molecule has 1 nitrogen and oxygen atoms in total. The molecule has 82 valence electrons. The normalized spacial score (nSPS) is 24.1. The van der Waals surface area contributed by atoms with Gasteiger partial charge in [0, 0.05) is 4.47 Å². The SMILES string of the molecule is CCCNCC1CC1c1ccc(Br)cc1. The Morgan fingerprint density at radius 1 is 1.33 bits per heavy atom. The highest BCUT2D eigenvalue weighted by Gasteiger charge is 2.37. The second-order valence-corrected chi connectivity index (χ2v) is 5.27. The molecule has 0 amide bonds. The Balaban J connectivity index is 1.80. The van der Waals surface area contributed by atoms with Crippen molar-refractivity contribution in [3.63, 3.8) is 0 Å². The summed E-state index contributed by atoms with van der Waals surface area (Å²) in [5.74, 6) is 1.68. The second kappa shape index (κ2) is 5.13. The predicted molar refractivity (Wildman–Crippen MR) is 68.2 cm³/mol. The molecule has 0 aliphatic heterocycles. The zero-order valence-corrected chi connectivity index (χ0v) is 10.8. The van der Waals surface area contributed by atoms with E-state index in [1.165, 1.54) is 29.4 Å². The Bertz CT molecular complexity index is 307. The molecule has 1 aliphatic carbocycles. The fraction of sp³-hybridized carbons (Fsp3) is 0.538. The van der Waals surface area contributed by atoms with Gasteiger partial charge < -0.3 is 5.32 Å². The third-order valence-electron chi connectivity index (χ3n) is 3.05. The van der Waals surface area contributed by atoms with E-state index in [4.69, 9.17) is 0 Å². The summed E-state index contributed by atoms with van der Waals surface area (Å²) in [4.78, 5) is 0. The predicted octanol–water partition coefficient (Wildman–Crippen LogP) is 3.55. The number of hydrogen-bond donors (Lipinski definition) is 1. The van der Waals surface area contributed by atoms with Crippen LogP contribution in [0.15, 0.2) is 28.7 Å². The fourth-order valence-corrected chi connectivity index (χ4v) is 2.32. The van der Waals surface area contributed by atoms with Crippen LogP contribution in [0.5, 0.6) is 0 Å². The molecule has 1 aliphatic rings. The summed E-state index contributed by atoms with van der Waals surface area (Å²) < 4.78 is 1.17. The van der Waals surface area contributed by atoms with E-state index in [1.807, 2.05) is 0 Å². The lowest BCUT2D eigenvalue weighted by Crippen LogP contribution is -2.17. The maximum Gasteiger partial charge on any atom is 0.0175 e. The van der Waals surface area contributed by atoms with E-state index in [9.17, 15) is 0 Å². The maximum atomic E-state index is 3.50. The van der Waals surface area contributed by atoms with Crippen molar-refractivity contribution in [2.45, 2.75) is 25.7 Å². The van der Waals surface area contributed by atoms with Crippen molar-refractivity contribution < 1.29 is 0 Å². The van der Waals surface area contributed by atoms with Gasteiger partial charge in [-0.3, -0.25) is 0 Å². The lowest BCUT2D eigenvalue weighted by molar-refractivity contribution is 0.620. The van der Waals surface area contributed by atoms with E-state index in [0.29, 0.717) is 0 Å². The molecule has 0 saturated heterocycles. The van der Waals surface area contributed by atoms with E-state index < -0.39 is 0 Å². The van der Waals surface area contributed by atoms with Crippen LogP contribution in [0.25, 0.3) is 0 Å². The van der Waals surface area contributed by atoms with Gasteiger partial charge in [0.05, 0.1) is 0 Å². The van der Waals surface area contributed by atoms with Gasteiger partial charge in [0.2, 0.25) is 0 Å². The molecule has 2 heteroatoms. The highest BCUT2D eigenvalue weighted by molar-refractivity contribution is 9.10. The van der Waals surface area contributed by atoms with E-state index >= 15 is 0 Å². The summed E-state index contributed by atoms with van der Waals surface area (Å²) >= 11 is 3.47. The maximum absolute atomic E-state index is 3.50. The molecule has 1 aromatic carbocycles. The highest BCUT2D eigenvalue weighted by atomic mass is 79.9. The lowest BCUT2D eigenvalue weighted by atomic mass is 10.1. The van der Waals surface area contributed by atoms with Crippen molar-refractivity contribution in [3.05, 3.63) is 34.3 Å². The summed E-state index contributed by atoms with van der Waals surface area (Å²) in [6, 6.07) is 8.78. The Morgan fingerprint density at radius 3 is 2.73 bits per heavy atom. The molecule has 2 atom stereocenters. The van der Waals surface area contributed by atoms with Gasteiger partial charge in [-0.2, -0.15) is 0 Å². The van der Waals surface area contributed by atoms with Gasteiger partial charge in [-0.1, -0.05) is 35.0 Å². The summed E-state index contributed by atoms with van der Waals surface area (Å²) in [7, 11) is 0. The third kappa shape index (κ3) is 3.05. The van der Waals surface area contributed by atoms with Crippen LogP contribution >= 0.6 is 15.9 Å². The Morgan fingerprint density at radius 2 is 2.07 bits per heavy atom. The van der Waals surface area contributed by atoms with Crippen LogP contribution in [0.2, 0.25) is 0 Å². The number of benzene rings is 1. The molecular weight excluding hydrogens is 250 g/mol. The van der Waals surface area contributed by atoms with Gasteiger partial charge in [0.15, 0.2) is 0 Å². The Labute approximate surface area is 100 Å². The van der Waals surface area contributed by atoms with Crippen molar-refractivity contribution in [1.82, 2.24) is 5.32 Å². The lowest BCUT2D eigenvalue weighted by Gasteiger charge is -2.02. The van der Waals surface area contributed by atoms with Gasteiger partial charge in [-0.15, -0.1) is 0 Å². The topological polar surface area (TPSA) is 12.0 Å². The molecule has 0 spiro atoms. The van der Waals surface area contributed by atoms with Crippen LogP contribution in [0.4, 0.5) is 0 Å². The molecule has 1 saturated carbocycles. The van der Waals surface area contributed by atoms with Crippen LogP contribution in [0.3, 0.4) is 0 Å². The largest absolute Gasteiger partial charge is 0.316 e. The zero-order valence-electron chi connectivity index (χ0n) is 9.17. The Kier molecular flexibility index (Phi) is 3.81. The monoisotopic (exact) mass is 267 g/mol. The van der Waals surface area contributed by atoms with Crippen LogP contribution in [-0.2, 0) is 0 Å². The first-order chi connectivity index (χ1) is 7.31. The second-order valence-electron chi connectivity index (χ2n) is 4.36. The minimum absolute atomic E-state index is 0.808. The molecular formula is C13H18BrN. The summed E-state index contributed by atoms with van der Waals surface area (Å²) in [6.45, 7) is 4.56. The van der Waals surface area contributed by atoms with E-state index in [1.54, 1.807) is 0 Å². The summed E-state index contributed by atoms with van der Waals surface area (Å²) in [6.07, 6.45) is 2.59. The van der Waals surface area contributed by atoms with Gasteiger partial charge >= 0.3 is 0 Å². The fourth-order valence-electron chi connectivity index (χ4n) is 2.06. The Hall–Kier alpha value is -0.340. The van der Waals surface area contributed by atoms with Gasteiger partial charge in [-0.25, -0.2) is 0 Å². The van der Waals surface area contributed by atoms with Crippen LogP contribution in [0.1, 0.15) is 31.2 Å². The molecule has 2 rings (SSSR count). The molecule has 0 bridgehead atoms. The highest BCUT2D eigenvalue weighted by Crippen LogP contribution is 2.47. The van der Waals surface area contributed by atoms with Crippen LogP contribution < -0.4 is 5.32 Å². The average Bonchev–Trinajstić information content (AvgIpc) is 2.99. The number of hydrogen-bond acceptors (Lipinski definition) is 1. The first-order valence-corrected chi connectivity index (χ1v) is 6.56. The van der Waals surface area contributed by atoms with Crippen LogP contribution in [0, 0.1) is 5.92 Å². The van der Waals surface area contributed by atoms with E-state index in [0.717, 1.165) is 18.4 Å². The molecule has 0 radical (unpaired) electrons. The first-order valence-electron chi connectivity index (χ1n) is 5.77. The molecule has 1 aromatic rings. The number of halogens is 1.